The number of aliphatic imine (C=N–C) groups is 1. The lowest BCUT2D eigenvalue weighted by Crippen LogP contribution is -2.48. The number of hydrogen-bond acceptors (Lipinski definition) is 3. The van der Waals surface area contributed by atoms with Crippen LogP contribution in [0.4, 0.5) is 5.69 Å². The summed E-state index contributed by atoms with van der Waals surface area (Å²) in [5, 5.41) is 7.08. The van der Waals surface area contributed by atoms with E-state index in [0.29, 0.717) is 6.04 Å². The van der Waals surface area contributed by atoms with Crippen LogP contribution >= 0.6 is 0 Å². The van der Waals surface area contributed by atoms with Crippen LogP contribution in [0.2, 0.25) is 0 Å². The van der Waals surface area contributed by atoms with Crippen LogP contribution < -0.4 is 15.5 Å². The van der Waals surface area contributed by atoms with Crippen LogP contribution in [0.5, 0.6) is 0 Å². The van der Waals surface area contributed by atoms with E-state index in [1.165, 1.54) is 11.3 Å². The number of para-hydroxylation sites is 1. The molecule has 1 heterocycles. The zero-order chi connectivity index (χ0) is 20.3. The molecule has 29 heavy (non-hydrogen) atoms. The summed E-state index contributed by atoms with van der Waals surface area (Å²) in [5.41, 5.74) is 2.66. The number of nitrogens with one attached hydrogen (secondary N) is 2. The van der Waals surface area contributed by atoms with Gasteiger partial charge in [0.2, 0.25) is 0 Å². The molecule has 0 spiro atoms. The van der Waals surface area contributed by atoms with Crippen LogP contribution in [-0.2, 0) is 6.54 Å². The van der Waals surface area contributed by atoms with Crippen LogP contribution in [0.25, 0.3) is 0 Å². The maximum atomic E-state index is 4.41. The fraction of sp³-hybridized carbons (Fsp3) is 0.458. The summed E-state index contributed by atoms with van der Waals surface area (Å²) in [5.74, 6) is 0.925. The van der Waals surface area contributed by atoms with Gasteiger partial charge in [0.15, 0.2) is 5.96 Å². The van der Waals surface area contributed by atoms with E-state index in [2.05, 4.69) is 93.1 Å². The molecular formula is C24H35N5. The van der Waals surface area contributed by atoms with E-state index in [4.69, 9.17) is 0 Å². The highest BCUT2D eigenvalue weighted by atomic mass is 15.2. The minimum atomic E-state index is 0.500. The standard InChI is InChI=1S/C24H35N5/c1-25-24(26-16-9-17-28(2)23-12-7-4-8-13-23)27-22-14-18-29(19-15-22)20-21-10-5-3-6-11-21/h3-8,10-13,22H,9,14-20H2,1-2H3,(H2,25,26,27). The van der Waals surface area contributed by atoms with Gasteiger partial charge in [-0.2, -0.15) is 0 Å². The topological polar surface area (TPSA) is 42.9 Å². The molecule has 0 unspecified atom stereocenters. The van der Waals surface area contributed by atoms with Gasteiger partial charge in [-0.25, -0.2) is 0 Å². The van der Waals surface area contributed by atoms with Gasteiger partial charge in [-0.3, -0.25) is 9.89 Å². The molecule has 0 radical (unpaired) electrons. The third kappa shape index (κ3) is 7.09. The number of piperidine rings is 1. The Kier molecular flexibility index (Phi) is 8.38. The molecule has 1 aliphatic rings. The lowest BCUT2D eigenvalue weighted by Gasteiger charge is -2.33. The number of rotatable bonds is 8. The van der Waals surface area contributed by atoms with E-state index in [9.17, 15) is 0 Å². The molecule has 5 heteroatoms. The summed E-state index contributed by atoms with van der Waals surface area (Å²) in [7, 11) is 4.00. The lowest BCUT2D eigenvalue weighted by molar-refractivity contribution is 0.198. The van der Waals surface area contributed by atoms with Crippen molar-refractivity contribution < 1.29 is 0 Å². The molecule has 0 amide bonds. The third-order valence-corrected chi connectivity index (χ3v) is 5.56. The number of likely N-dealkylation sites (tertiary alicyclic amines) is 1. The molecule has 2 aromatic rings. The minimum absolute atomic E-state index is 0.500. The number of benzene rings is 2. The first kappa shape index (κ1) is 21.2. The zero-order valence-corrected chi connectivity index (χ0v) is 17.8. The average molecular weight is 394 g/mol. The van der Waals surface area contributed by atoms with Crippen LogP contribution in [-0.4, -0.2) is 57.2 Å². The van der Waals surface area contributed by atoms with Gasteiger partial charge in [0.05, 0.1) is 0 Å². The Morgan fingerprint density at radius 1 is 1.03 bits per heavy atom. The summed E-state index contributed by atoms with van der Waals surface area (Å²) in [6.07, 6.45) is 3.39. The fourth-order valence-electron chi connectivity index (χ4n) is 3.80. The summed E-state index contributed by atoms with van der Waals surface area (Å²) in [4.78, 5) is 9.25. The molecule has 1 saturated heterocycles. The summed E-state index contributed by atoms with van der Waals surface area (Å²) >= 11 is 0. The van der Waals surface area contributed by atoms with Gasteiger partial charge in [-0.1, -0.05) is 48.5 Å². The van der Waals surface area contributed by atoms with Crippen molar-refractivity contribution in [2.45, 2.75) is 31.8 Å². The summed E-state index contributed by atoms with van der Waals surface area (Å²) < 4.78 is 0. The Morgan fingerprint density at radius 3 is 2.34 bits per heavy atom. The highest BCUT2D eigenvalue weighted by Crippen LogP contribution is 2.14. The summed E-state index contributed by atoms with van der Waals surface area (Å²) in [6, 6.07) is 21.8. The average Bonchev–Trinajstić information content (AvgIpc) is 2.78. The predicted octanol–water partition coefficient (Wildman–Crippen LogP) is 3.34. The molecule has 1 aliphatic heterocycles. The Balaban J connectivity index is 1.32. The van der Waals surface area contributed by atoms with Crippen molar-refractivity contribution in [2.24, 2.45) is 4.99 Å². The van der Waals surface area contributed by atoms with Crippen molar-refractivity contribution in [1.82, 2.24) is 15.5 Å². The quantitative estimate of drug-likeness (QED) is 0.410. The van der Waals surface area contributed by atoms with Crippen LogP contribution in [0.3, 0.4) is 0 Å². The molecule has 0 atom stereocenters. The highest BCUT2D eigenvalue weighted by Gasteiger charge is 2.19. The van der Waals surface area contributed by atoms with Gasteiger partial charge in [0, 0.05) is 58.5 Å². The van der Waals surface area contributed by atoms with Crippen LogP contribution in [0.1, 0.15) is 24.8 Å². The maximum Gasteiger partial charge on any atom is 0.191 e. The number of nitrogens with zero attached hydrogens (tertiary/aromatic N) is 3. The van der Waals surface area contributed by atoms with E-state index in [1.807, 2.05) is 7.05 Å². The van der Waals surface area contributed by atoms with Crippen LogP contribution in [0, 0.1) is 0 Å². The minimum Gasteiger partial charge on any atom is -0.375 e. The first-order chi connectivity index (χ1) is 14.2. The van der Waals surface area contributed by atoms with Crippen molar-refractivity contribution in [3.63, 3.8) is 0 Å². The van der Waals surface area contributed by atoms with Gasteiger partial charge in [-0.05, 0) is 37.0 Å². The first-order valence-electron chi connectivity index (χ1n) is 10.7. The normalized spacial score (nSPS) is 15.9. The molecule has 2 aromatic carbocycles. The van der Waals surface area contributed by atoms with Gasteiger partial charge in [-0.15, -0.1) is 0 Å². The van der Waals surface area contributed by atoms with E-state index in [-0.39, 0.29) is 0 Å². The van der Waals surface area contributed by atoms with Gasteiger partial charge in [0.1, 0.15) is 0 Å². The van der Waals surface area contributed by atoms with Crippen molar-refractivity contribution in [3.8, 4) is 0 Å². The Labute approximate surface area is 175 Å². The number of hydrogen-bond donors (Lipinski definition) is 2. The van der Waals surface area contributed by atoms with E-state index < -0.39 is 0 Å². The number of guanidine groups is 1. The second kappa shape index (κ2) is 11.5. The Bertz CT molecular complexity index is 723. The van der Waals surface area contributed by atoms with Gasteiger partial charge in [0.25, 0.3) is 0 Å². The van der Waals surface area contributed by atoms with Crippen molar-refractivity contribution >= 4 is 11.6 Å². The van der Waals surface area contributed by atoms with Crippen LogP contribution in [0.15, 0.2) is 65.7 Å². The molecule has 0 saturated carbocycles. The molecule has 5 nitrogen and oxygen atoms in total. The van der Waals surface area contributed by atoms with Crippen molar-refractivity contribution in [3.05, 3.63) is 66.2 Å². The zero-order valence-electron chi connectivity index (χ0n) is 17.8. The molecule has 3 rings (SSSR count). The molecular weight excluding hydrogens is 358 g/mol. The SMILES string of the molecule is CN=C(NCCCN(C)c1ccccc1)NC1CCN(Cc2ccccc2)CC1. The largest absolute Gasteiger partial charge is 0.375 e. The monoisotopic (exact) mass is 393 g/mol. The van der Waals surface area contributed by atoms with Crippen molar-refractivity contribution in [2.75, 3.05) is 45.2 Å². The Hall–Kier alpha value is -2.53. The predicted molar refractivity (Wildman–Crippen MR) is 124 cm³/mol. The second-order valence-corrected chi connectivity index (χ2v) is 7.79. The molecule has 0 bridgehead atoms. The van der Waals surface area contributed by atoms with Crippen molar-refractivity contribution in [1.29, 1.82) is 0 Å². The van der Waals surface area contributed by atoms with E-state index >= 15 is 0 Å². The van der Waals surface area contributed by atoms with E-state index in [1.54, 1.807) is 0 Å². The van der Waals surface area contributed by atoms with Gasteiger partial charge >= 0.3 is 0 Å². The fourth-order valence-corrected chi connectivity index (χ4v) is 3.80. The third-order valence-electron chi connectivity index (χ3n) is 5.56. The molecule has 0 aromatic heterocycles. The molecule has 2 N–H and O–H groups in total. The maximum absolute atomic E-state index is 4.41. The number of anilines is 1. The van der Waals surface area contributed by atoms with Gasteiger partial charge < -0.3 is 15.5 Å². The molecule has 1 fully saturated rings. The Morgan fingerprint density at radius 2 is 1.69 bits per heavy atom. The second-order valence-electron chi connectivity index (χ2n) is 7.79. The lowest BCUT2D eigenvalue weighted by atomic mass is 10.0. The van der Waals surface area contributed by atoms with E-state index in [0.717, 1.165) is 57.9 Å². The smallest absolute Gasteiger partial charge is 0.191 e. The highest BCUT2D eigenvalue weighted by molar-refractivity contribution is 5.79. The summed E-state index contributed by atoms with van der Waals surface area (Å²) in [6.45, 7) is 5.25. The first-order valence-corrected chi connectivity index (χ1v) is 10.7. The molecule has 0 aliphatic carbocycles. The molecule has 156 valence electrons.